The largest absolute Gasteiger partial charge is 0.495 e. The lowest BCUT2D eigenvalue weighted by molar-refractivity contribution is 0.364. The molecular formula is C19H33N5O3S. The molecule has 0 radical (unpaired) electrons. The number of rotatable bonds is 7. The Bertz CT molecular complexity index is 772. The number of ether oxygens (including phenoxy) is 1. The van der Waals surface area contributed by atoms with Gasteiger partial charge in [-0.1, -0.05) is 12.1 Å². The van der Waals surface area contributed by atoms with Crippen LogP contribution in [0, 0.1) is 0 Å². The van der Waals surface area contributed by atoms with Crippen molar-refractivity contribution in [2.45, 2.75) is 26.3 Å². The molecule has 0 atom stereocenters. The van der Waals surface area contributed by atoms with Crippen molar-refractivity contribution in [3.63, 3.8) is 0 Å². The molecule has 0 aliphatic carbocycles. The topological polar surface area (TPSA) is 86.3 Å². The van der Waals surface area contributed by atoms with Gasteiger partial charge in [0.05, 0.1) is 25.6 Å². The number of sulfonamides is 1. The van der Waals surface area contributed by atoms with Crippen molar-refractivity contribution in [1.82, 2.24) is 14.9 Å². The molecule has 1 heterocycles. The number of aliphatic imine (C=N–C) groups is 1. The van der Waals surface area contributed by atoms with Crippen molar-refractivity contribution < 1.29 is 13.2 Å². The summed E-state index contributed by atoms with van der Waals surface area (Å²) in [7, 11) is -1.59. The quantitative estimate of drug-likeness (QED) is 0.516. The fourth-order valence-corrected chi connectivity index (χ4v) is 4.35. The summed E-state index contributed by atoms with van der Waals surface area (Å²) < 4.78 is 31.2. The van der Waals surface area contributed by atoms with Gasteiger partial charge in [-0.05, 0) is 32.9 Å². The predicted octanol–water partition coefficient (Wildman–Crippen LogP) is 1.11. The highest BCUT2D eigenvalue weighted by atomic mass is 32.2. The van der Waals surface area contributed by atoms with Crippen molar-refractivity contribution in [3.05, 3.63) is 24.3 Å². The molecule has 8 nitrogen and oxygen atoms in total. The van der Waals surface area contributed by atoms with Crippen LogP contribution in [0.2, 0.25) is 0 Å². The van der Waals surface area contributed by atoms with Crippen molar-refractivity contribution >= 4 is 21.7 Å². The fourth-order valence-electron chi connectivity index (χ4n) is 3.28. The van der Waals surface area contributed by atoms with E-state index in [0.717, 1.165) is 50.1 Å². The number of benzene rings is 1. The van der Waals surface area contributed by atoms with E-state index >= 15 is 0 Å². The Balaban J connectivity index is 2.04. The van der Waals surface area contributed by atoms with E-state index in [-0.39, 0.29) is 0 Å². The summed E-state index contributed by atoms with van der Waals surface area (Å²) in [6.45, 7) is 10.2. The average molecular weight is 412 g/mol. The van der Waals surface area contributed by atoms with Gasteiger partial charge in [0.25, 0.3) is 0 Å². The molecule has 1 fully saturated rings. The Labute approximate surface area is 169 Å². The molecule has 9 heteroatoms. The molecular weight excluding hydrogens is 378 g/mol. The number of hydrogen-bond acceptors (Lipinski definition) is 5. The molecule has 0 bridgehead atoms. The lowest BCUT2D eigenvalue weighted by Crippen LogP contribution is -2.53. The van der Waals surface area contributed by atoms with Gasteiger partial charge in [-0.25, -0.2) is 13.1 Å². The molecule has 1 aliphatic heterocycles. The van der Waals surface area contributed by atoms with Crippen LogP contribution in [0.3, 0.4) is 0 Å². The molecule has 1 aromatic rings. The highest BCUT2D eigenvalue weighted by Gasteiger charge is 2.24. The molecule has 158 valence electrons. The predicted molar refractivity (Wildman–Crippen MR) is 115 cm³/mol. The normalized spacial score (nSPS) is 16.2. The zero-order valence-corrected chi connectivity index (χ0v) is 18.3. The minimum Gasteiger partial charge on any atom is -0.495 e. The van der Waals surface area contributed by atoms with Gasteiger partial charge in [0.2, 0.25) is 10.0 Å². The summed E-state index contributed by atoms with van der Waals surface area (Å²) >= 11 is 0. The summed E-state index contributed by atoms with van der Waals surface area (Å²) in [5.41, 5.74) is 0.457. The third-order valence-corrected chi connectivity index (χ3v) is 5.35. The number of nitrogens with zero attached hydrogens (tertiary/aromatic N) is 3. The molecule has 0 aromatic heterocycles. The van der Waals surface area contributed by atoms with Crippen LogP contribution < -0.4 is 19.7 Å². The van der Waals surface area contributed by atoms with Crippen LogP contribution in [0.5, 0.6) is 5.75 Å². The summed E-state index contributed by atoms with van der Waals surface area (Å²) in [6.07, 6.45) is 1.17. The maximum atomic E-state index is 11.5. The second kappa shape index (κ2) is 9.47. The maximum Gasteiger partial charge on any atom is 0.209 e. The van der Waals surface area contributed by atoms with Crippen molar-refractivity contribution in [3.8, 4) is 5.75 Å². The van der Waals surface area contributed by atoms with Gasteiger partial charge in [0.1, 0.15) is 5.75 Å². The average Bonchev–Trinajstić information content (AvgIpc) is 2.63. The number of guanidine groups is 1. The standard InChI is InChI=1S/C19H33N5O3S/c1-6-20-18(21-15-19(2,3)22-28(5,25)26)24-13-11-23(12-14-24)16-9-7-8-10-17(16)27-4/h7-10,22H,6,11-15H2,1-5H3,(H,20,21). The molecule has 2 rings (SSSR count). The Hall–Kier alpha value is -2.00. The van der Waals surface area contributed by atoms with E-state index < -0.39 is 15.6 Å². The third-order valence-electron chi connectivity index (χ3n) is 4.43. The SMILES string of the molecule is CCNC(=NCC(C)(C)NS(C)(=O)=O)N1CCN(c2ccccc2OC)CC1. The first kappa shape index (κ1) is 22.3. The lowest BCUT2D eigenvalue weighted by atomic mass is 10.1. The van der Waals surface area contributed by atoms with Crippen molar-refractivity contribution in [2.75, 3.05) is 57.5 Å². The van der Waals surface area contributed by atoms with E-state index in [1.165, 1.54) is 6.26 Å². The van der Waals surface area contributed by atoms with Crippen LogP contribution in [0.15, 0.2) is 29.3 Å². The van der Waals surface area contributed by atoms with Crippen LogP contribution in [0.25, 0.3) is 0 Å². The molecule has 1 saturated heterocycles. The first-order valence-corrected chi connectivity index (χ1v) is 11.4. The number of methoxy groups -OCH3 is 1. The Morgan fingerprint density at radius 1 is 1.21 bits per heavy atom. The number of piperazine rings is 1. The first-order chi connectivity index (χ1) is 13.1. The minimum absolute atomic E-state index is 0.356. The third kappa shape index (κ3) is 6.56. The van der Waals surface area contributed by atoms with Gasteiger partial charge < -0.3 is 19.9 Å². The van der Waals surface area contributed by atoms with Gasteiger partial charge in [0, 0.05) is 38.3 Å². The number of anilines is 1. The highest BCUT2D eigenvalue weighted by molar-refractivity contribution is 7.88. The molecule has 0 spiro atoms. The molecule has 1 aromatic carbocycles. The van der Waals surface area contributed by atoms with E-state index in [4.69, 9.17) is 4.74 Å². The summed E-state index contributed by atoms with van der Waals surface area (Å²) in [5.74, 6) is 1.69. The molecule has 0 amide bonds. The zero-order chi connectivity index (χ0) is 20.8. The summed E-state index contributed by atoms with van der Waals surface area (Å²) in [4.78, 5) is 9.21. The van der Waals surface area contributed by atoms with Gasteiger partial charge in [-0.15, -0.1) is 0 Å². The molecule has 1 aliphatic rings. The van der Waals surface area contributed by atoms with Crippen LogP contribution >= 0.6 is 0 Å². The van der Waals surface area contributed by atoms with Crippen LogP contribution in [0.1, 0.15) is 20.8 Å². The van der Waals surface area contributed by atoms with Gasteiger partial charge >= 0.3 is 0 Å². The lowest BCUT2D eigenvalue weighted by Gasteiger charge is -2.38. The van der Waals surface area contributed by atoms with E-state index in [1.54, 1.807) is 7.11 Å². The summed E-state index contributed by atoms with van der Waals surface area (Å²) in [5, 5.41) is 3.32. The van der Waals surface area contributed by atoms with Crippen molar-refractivity contribution in [2.24, 2.45) is 4.99 Å². The molecule has 28 heavy (non-hydrogen) atoms. The minimum atomic E-state index is -3.28. The van der Waals surface area contributed by atoms with Gasteiger partial charge in [-0.2, -0.15) is 0 Å². The number of nitrogens with one attached hydrogen (secondary N) is 2. The van der Waals surface area contributed by atoms with E-state index in [9.17, 15) is 8.42 Å². The molecule has 0 unspecified atom stereocenters. The maximum absolute atomic E-state index is 11.5. The van der Waals surface area contributed by atoms with Crippen LogP contribution in [-0.4, -0.2) is 77.5 Å². The Morgan fingerprint density at radius 3 is 2.43 bits per heavy atom. The molecule has 2 N–H and O–H groups in total. The van der Waals surface area contributed by atoms with Crippen LogP contribution in [-0.2, 0) is 10.0 Å². The Morgan fingerprint density at radius 2 is 1.86 bits per heavy atom. The van der Waals surface area contributed by atoms with Crippen molar-refractivity contribution in [1.29, 1.82) is 0 Å². The second-order valence-corrected chi connectivity index (χ2v) is 9.32. The first-order valence-electron chi connectivity index (χ1n) is 9.55. The molecule has 0 saturated carbocycles. The number of para-hydroxylation sites is 2. The van der Waals surface area contributed by atoms with Crippen LogP contribution in [0.4, 0.5) is 5.69 Å². The van der Waals surface area contributed by atoms with Gasteiger partial charge in [-0.3, -0.25) is 4.99 Å². The van der Waals surface area contributed by atoms with E-state index in [1.807, 2.05) is 39.0 Å². The smallest absolute Gasteiger partial charge is 0.209 e. The highest BCUT2D eigenvalue weighted by Crippen LogP contribution is 2.28. The Kier molecular flexibility index (Phi) is 7.54. The van der Waals surface area contributed by atoms with Gasteiger partial charge in [0.15, 0.2) is 5.96 Å². The zero-order valence-electron chi connectivity index (χ0n) is 17.5. The van der Waals surface area contributed by atoms with E-state index in [2.05, 4.69) is 30.9 Å². The fraction of sp³-hybridized carbons (Fsp3) is 0.632. The monoisotopic (exact) mass is 411 g/mol. The second-order valence-electron chi connectivity index (χ2n) is 7.57. The summed E-state index contributed by atoms with van der Waals surface area (Å²) in [6, 6.07) is 8.05. The number of hydrogen-bond donors (Lipinski definition) is 2. The van der Waals surface area contributed by atoms with E-state index in [0.29, 0.717) is 6.54 Å².